The monoisotopic (exact) mass is 440 g/mol. The molecule has 1 atom stereocenters. The second-order valence-corrected chi connectivity index (χ2v) is 8.94. The van der Waals surface area contributed by atoms with E-state index >= 15 is 0 Å². The minimum atomic E-state index is 0.177. The number of benzene rings is 1. The molecule has 1 aromatic heterocycles. The molecule has 7 nitrogen and oxygen atoms in total. The smallest absolute Gasteiger partial charge is 0.224 e. The molecule has 31 heavy (non-hydrogen) atoms. The summed E-state index contributed by atoms with van der Waals surface area (Å²) in [6.45, 7) is 6.65. The normalized spacial score (nSPS) is 15.5. The van der Waals surface area contributed by atoms with E-state index in [1.165, 1.54) is 4.90 Å². The average Bonchev–Trinajstić information content (AvgIpc) is 2.82. The zero-order chi connectivity index (χ0) is 21.9. The number of carbonyl (C=O) groups is 1. The number of aliphatic imine (C=N–C) groups is 1. The van der Waals surface area contributed by atoms with Gasteiger partial charge in [-0.05, 0) is 24.3 Å². The standard InChI is InChI=1S/C23H32N6OS/c1-19(31-20-8-4-3-5-9-20)18-27-23(24-2)26-13-11-22(30)29-16-14-28(15-17-29)21-10-6-7-12-25-21/h3-10,12,19H,11,13-18H2,1-2H3,(H2,24,26,27). The third-order valence-corrected chi connectivity index (χ3v) is 6.21. The Balaban J connectivity index is 1.32. The van der Waals surface area contributed by atoms with Gasteiger partial charge in [-0.3, -0.25) is 9.79 Å². The molecule has 166 valence electrons. The van der Waals surface area contributed by atoms with Gasteiger partial charge >= 0.3 is 0 Å². The van der Waals surface area contributed by atoms with Crippen LogP contribution < -0.4 is 15.5 Å². The summed E-state index contributed by atoms with van der Waals surface area (Å²) >= 11 is 1.83. The first-order chi connectivity index (χ1) is 15.2. The molecular weight excluding hydrogens is 408 g/mol. The van der Waals surface area contributed by atoms with Gasteiger partial charge in [-0.15, -0.1) is 11.8 Å². The fourth-order valence-corrected chi connectivity index (χ4v) is 4.35. The number of thioether (sulfide) groups is 1. The number of nitrogens with zero attached hydrogens (tertiary/aromatic N) is 4. The molecule has 8 heteroatoms. The fraction of sp³-hybridized carbons (Fsp3) is 0.435. The molecule has 2 heterocycles. The van der Waals surface area contributed by atoms with Crippen molar-refractivity contribution in [2.75, 3.05) is 51.2 Å². The van der Waals surface area contributed by atoms with Crippen LogP contribution in [0.15, 0.2) is 64.6 Å². The quantitative estimate of drug-likeness (QED) is 0.373. The van der Waals surface area contributed by atoms with Crippen LogP contribution in [0.3, 0.4) is 0 Å². The Kier molecular flexibility index (Phi) is 9.02. The second-order valence-electron chi connectivity index (χ2n) is 7.43. The van der Waals surface area contributed by atoms with E-state index in [2.05, 4.69) is 56.7 Å². The minimum absolute atomic E-state index is 0.177. The molecule has 0 saturated carbocycles. The van der Waals surface area contributed by atoms with Crippen LogP contribution in [0.2, 0.25) is 0 Å². The molecule has 0 bridgehead atoms. The van der Waals surface area contributed by atoms with Gasteiger partial charge in [0.05, 0.1) is 0 Å². The number of piperazine rings is 1. The minimum Gasteiger partial charge on any atom is -0.356 e. The van der Waals surface area contributed by atoms with Gasteiger partial charge in [-0.2, -0.15) is 0 Å². The largest absolute Gasteiger partial charge is 0.356 e. The van der Waals surface area contributed by atoms with E-state index in [-0.39, 0.29) is 5.91 Å². The van der Waals surface area contributed by atoms with E-state index in [0.717, 1.165) is 44.5 Å². The first-order valence-corrected chi connectivity index (χ1v) is 11.6. The lowest BCUT2D eigenvalue weighted by atomic mass is 10.2. The molecule has 3 rings (SSSR count). The summed E-state index contributed by atoms with van der Waals surface area (Å²) in [6, 6.07) is 16.3. The zero-order valence-corrected chi connectivity index (χ0v) is 19.1. The number of hydrogen-bond donors (Lipinski definition) is 2. The lowest BCUT2D eigenvalue weighted by Crippen LogP contribution is -2.49. The number of amides is 1. The highest BCUT2D eigenvalue weighted by atomic mass is 32.2. The van der Waals surface area contributed by atoms with Gasteiger partial charge < -0.3 is 20.4 Å². The van der Waals surface area contributed by atoms with Gasteiger partial charge in [0.1, 0.15) is 5.82 Å². The molecule has 1 saturated heterocycles. The molecule has 1 aliphatic rings. The predicted octanol–water partition coefficient (Wildman–Crippen LogP) is 2.47. The summed E-state index contributed by atoms with van der Waals surface area (Å²) in [7, 11) is 1.75. The first-order valence-electron chi connectivity index (χ1n) is 10.8. The van der Waals surface area contributed by atoms with Crippen molar-refractivity contribution in [1.82, 2.24) is 20.5 Å². The summed E-state index contributed by atoms with van der Waals surface area (Å²) in [5.74, 6) is 1.88. The summed E-state index contributed by atoms with van der Waals surface area (Å²) in [6.07, 6.45) is 2.26. The van der Waals surface area contributed by atoms with Crippen LogP contribution in [0.25, 0.3) is 0 Å². The van der Waals surface area contributed by atoms with Crippen LogP contribution in [0.5, 0.6) is 0 Å². The molecule has 1 aliphatic heterocycles. The lowest BCUT2D eigenvalue weighted by molar-refractivity contribution is -0.131. The van der Waals surface area contributed by atoms with E-state index in [0.29, 0.717) is 18.2 Å². The lowest BCUT2D eigenvalue weighted by Gasteiger charge is -2.35. The number of anilines is 1. The van der Waals surface area contributed by atoms with Crippen molar-refractivity contribution < 1.29 is 4.79 Å². The molecule has 2 aromatic rings. The van der Waals surface area contributed by atoms with Crippen LogP contribution in [0.1, 0.15) is 13.3 Å². The Bertz CT molecular complexity index is 824. The molecule has 0 radical (unpaired) electrons. The maximum absolute atomic E-state index is 12.6. The molecule has 0 aliphatic carbocycles. The molecular formula is C23H32N6OS. The van der Waals surface area contributed by atoms with Crippen LogP contribution >= 0.6 is 11.8 Å². The van der Waals surface area contributed by atoms with Crippen molar-refractivity contribution in [2.24, 2.45) is 4.99 Å². The number of pyridine rings is 1. The number of guanidine groups is 1. The van der Waals surface area contributed by atoms with Crippen molar-refractivity contribution in [3.8, 4) is 0 Å². The Hall–Kier alpha value is -2.74. The highest BCUT2D eigenvalue weighted by Gasteiger charge is 2.21. The molecule has 1 fully saturated rings. The second kappa shape index (κ2) is 12.2. The van der Waals surface area contributed by atoms with Crippen LogP contribution in [0.4, 0.5) is 5.82 Å². The van der Waals surface area contributed by atoms with Gasteiger partial charge in [0.2, 0.25) is 5.91 Å². The Morgan fingerprint density at radius 2 is 1.84 bits per heavy atom. The SMILES string of the molecule is CN=C(NCCC(=O)N1CCN(c2ccccn2)CC1)NCC(C)Sc1ccccc1. The van der Waals surface area contributed by atoms with Gasteiger partial charge in [-0.1, -0.05) is 31.2 Å². The molecule has 2 N–H and O–H groups in total. The first kappa shape index (κ1) is 22.9. The zero-order valence-electron chi connectivity index (χ0n) is 18.3. The number of rotatable bonds is 8. The van der Waals surface area contributed by atoms with Gasteiger partial charge in [0, 0.05) is 69.1 Å². The van der Waals surface area contributed by atoms with E-state index in [1.807, 2.05) is 40.9 Å². The van der Waals surface area contributed by atoms with Gasteiger partial charge in [0.25, 0.3) is 0 Å². The number of carbonyl (C=O) groups excluding carboxylic acids is 1. The van der Waals surface area contributed by atoms with E-state index in [9.17, 15) is 4.79 Å². The maximum atomic E-state index is 12.6. The topological polar surface area (TPSA) is 72.9 Å². The molecule has 1 aromatic carbocycles. The summed E-state index contributed by atoms with van der Waals surface area (Å²) < 4.78 is 0. The summed E-state index contributed by atoms with van der Waals surface area (Å²) in [5.41, 5.74) is 0. The number of nitrogens with one attached hydrogen (secondary N) is 2. The Labute approximate surface area is 189 Å². The van der Waals surface area contributed by atoms with E-state index in [1.54, 1.807) is 13.2 Å². The van der Waals surface area contributed by atoms with E-state index < -0.39 is 0 Å². The van der Waals surface area contributed by atoms with Crippen molar-refractivity contribution in [3.05, 3.63) is 54.7 Å². The third-order valence-electron chi connectivity index (χ3n) is 5.10. The van der Waals surface area contributed by atoms with Gasteiger partial charge in [-0.25, -0.2) is 4.98 Å². The maximum Gasteiger partial charge on any atom is 0.224 e. The molecule has 0 spiro atoms. The third kappa shape index (κ3) is 7.47. The Morgan fingerprint density at radius 1 is 1.10 bits per heavy atom. The van der Waals surface area contributed by atoms with Crippen LogP contribution in [-0.4, -0.2) is 73.3 Å². The number of aromatic nitrogens is 1. The average molecular weight is 441 g/mol. The summed E-state index contributed by atoms with van der Waals surface area (Å²) in [4.78, 5) is 26.7. The fourth-order valence-electron chi connectivity index (χ4n) is 3.41. The van der Waals surface area contributed by atoms with Crippen molar-refractivity contribution in [3.63, 3.8) is 0 Å². The Morgan fingerprint density at radius 3 is 2.52 bits per heavy atom. The van der Waals surface area contributed by atoms with Crippen molar-refractivity contribution >= 4 is 29.4 Å². The van der Waals surface area contributed by atoms with Crippen LogP contribution in [-0.2, 0) is 4.79 Å². The number of hydrogen-bond acceptors (Lipinski definition) is 5. The predicted molar refractivity (Wildman–Crippen MR) is 129 cm³/mol. The molecule has 1 unspecified atom stereocenters. The van der Waals surface area contributed by atoms with Crippen LogP contribution in [0, 0.1) is 0 Å². The van der Waals surface area contributed by atoms with Crippen molar-refractivity contribution in [1.29, 1.82) is 0 Å². The van der Waals surface area contributed by atoms with Gasteiger partial charge in [0.15, 0.2) is 5.96 Å². The highest BCUT2D eigenvalue weighted by molar-refractivity contribution is 8.00. The van der Waals surface area contributed by atoms with Crippen molar-refractivity contribution in [2.45, 2.75) is 23.5 Å². The van der Waals surface area contributed by atoms with E-state index in [4.69, 9.17) is 0 Å². The highest BCUT2D eigenvalue weighted by Crippen LogP contribution is 2.21. The summed E-state index contributed by atoms with van der Waals surface area (Å²) in [5, 5.41) is 7.00. The molecule has 1 amide bonds.